The molecule has 0 saturated carbocycles. The number of cyclic esters (lactones) is 3. The zero-order valence-electron chi connectivity index (χ0n) is 13.4. The van der Waals surface area contributed by atoms with Crippen molar-refractivity contribution in [1.29, 1.82) is 0 Å². The Labute approximate surface area is 134 Å². The molecule has 0 amide bonds. The third-order valence-corrected chi connectivity index (χ3v) is 3.04. The summed E-state index contributed by atoms with van der Waals surface area (Å²) in [5.41, 5.74) is 0. The Kier molecular flexibility index (Phi) is 7.47. The molecule has 0 aromatic heterocycles. The summed E-state index contributed by atoms with van der Waals surface area (Å²) in [6, 6.07) is 0. The Morgan fingerprint density at radius 3 is 2.26 bits per heavy atom. The molecule has 128 valence electrons. The van der Waals surface area contributed by atoms with E-state index in [2.05, 4.69) is 0 Å². The van der Waals surface area contributed by atoms with Gasteiger partial charge in [0.25, 0.3) is 0 Å². The maximum atomic E-state index is 11.7. The summed E-state index contributed by atoms with van der Waals surface area (Å²) < 4.78 is 15.1. The Morgan fingerprint density at radius 1 is 0.957 bits per heavy atom. The van der Waals surface area contributed by atoms with Gasteiger partial charge in [-0.25, -0.2) is 9.59 Å². The lowest BCUT2D eigenvalue weighted by molar-refractivity contribution is -0.157. The number of aliphatic hydroxyl groups excluding tert-OH is 1. The van der Waals surface area contributed by atoms with E-state index in [9.17, 15) is 19.5 Å². The molecule has 4 atom stereocenters. The van der Waals surface area contributed by atoms with Crippen LogP contribution < -0.4 is 0 Å². The molecule has 4 unspecified atom stereocenters. The summed E-state index contributed by atoms with van der Waals surface area (Å²) in [5, 5.41) is 9.83. The molecule has 0 radical (unpaired) electrons. The van der Waals surface area contributed by atoms with Crippen LogP contribution >= 0.6 is 0 Å². The van der Waals surface area contributed by atoms with Crippen LogP contribution in [0.1, 0.15) is 33.6 Å². The summed E-state index contributed by atoms with van der Waals surface area (Å²) in [7, 11) is 0. The molecule has 1 heterocycles. The van der Waals surface area contributed by atoms with E-state index in [4.69, 9.17) is 14.2 Å². The maximum absolute atomic E-state index is 11.7. The van der Waals surface area contributed by atoms with Gasteiger partial charge in [-0.1, -0.05) is 6.08 Å². The second kappa shape index (κ2) is 9.09. The minimum Gasteiger partial charge on any atom is -0.459 e. The molecular weight excluding hydrogens is 304 g/mol. The fourth-order valence-electron chi connectivity index (χ4n) is 1.81. The molecule has 1 N–H and O–H groups in total. The smallest absolute Gasteiger partial charge is 0.330 e. The summed E-state index contributed by atoms with van der Waals surface area (Å²) in [6.07, 6.45) is 2.17. The highest BCUT2D eigenvalue weighted by atomic mass is 16.6. The number of carbonyl (C=O) groups excluding carboxylic acids is 3. The fraction of sp³-hybridized carbons (Fsp3) is 0.562. The molecule has 1 rings (SSSR count). The largest absolute Gasteiger partial charge is 0.459 e. The van der Waals surface area contributed by atoms with E-state index in [-0.39, 0.29) is 6.42 Å². The molecule has 0 saturated heterocycles. The van der Waals surface area contributed by atoms with E-state index in [1.54, 1.807) is 13.8 Å². The van der Waals surface area contributed by atoms with E-state index in [0.717, 1.165) is 6.08 Å². The highest BCUT2D eigenvalue weighted by molar-refractivity contribution is 5.83. The average molecular weight is 326 g/mol. The van der Waals surface area contributed by atoms with E-state index < -0.39 is 42.3 Å². The van der Waals surface area contributed by atoms with Crippen molar-refractivity contribution in [1.82, 2.24) is 0 Å². The number of hydrogen-bond acceptors (Lipinski definition) is 7. The summed E-state index contributed by atoms with van der Waals surface area (Å²) >= 11 is 0. The minimum absolute atomic E-state index is 0.126. The van der Waals surface area contributed by atoms with Gasteiger partial charge in [-0.05, 0) is 26.8 Å². The van der Waals surface area contributed by atoms with Gasteiger partial charge in [0, 0.05) is 18.6 Å². The van der Waals surface area contributed by atoms with Crippen LogP contribution in [0.15, 0.2) is 24.3 Å². The zero-order valence-corrected chi connectivity index (χ0v) is 13.4. The normalized spacial score (nSPS) is 34.0. The van der Waals surface area contributed by atoms with Crippen molar-refractivity contribution in [3.05, 3.63) is 24.3 Å². The third-order valence-electron chi connectivity index (χ3n) is 3.04. The molecule has 0 aromatic rings. The minimum atomic E-state index is -1.15. The zero-order chi connectivity index (χ0) is 17.4. The van der Waals surface area contributed by atoms with Crippen LogP contribution in [-0.4, -0.2) is 47.4 Å². The van der Waals surface area contributed by atoms with Crippen molar-refractivity contribution in [2.45, 2.75) is 58.0 Å². The average Bonchev–Trinajstić information content (AvgIpc) is 2.43. The molecule has 23 heavy (non-hydrogen) atoms. The number of ether oxygens (including phenoxy) is 3. The Morgan fingerprint density at radius 2 is 1.57 bits per heavy atom. The van der Waals surface area contributed by atoms with Crippen LogP contribution in [0.25, 0.3) is 0 Å². The predicted octanol–water partition coefficient (Wildman–Crippen LogP) is 1.05. The van der Waals surface area contributed by atoms with E-state index >= 15 is 0 Å². The van der Waals surface area contributed by atoms with Crippen LogP contribution in [0.3, 0.4) is 0 Å². The molecule has 0 spiro atoms. The van der Waals surface area contributed by atoms with Gasteiger partial charge in [0.15, 0.2) is 0 Å². The molecule has 0 fully saturated rings. The second-order valence-corrected chi connectivity index (χ2v) is 5.38. The molecular formula is C16H22O7. The van der Waals surface area contributed by atoms with Gasteiger partial charge in [0.2, 0.25) is 0 Å². The van der Waals surface area contributed by atoms with E-state index in [1.807, 2.05) is 0 Å². The van der Waals surface area contributed by atoms with Crippen molar-refractivity contribution in [2.75, 3.05) is 0 Å². The molecule has 1 aliphatic heterocycles. The quantitative estimate of drug-likeness (QED) is 0.524. The maximum Gasteiger partial charge on any atom is 0.330 e. The van der Waals surface area contributed by atoms with Crippen molar-refractivity contribution >= 4 is 17.9 Å². The molecule has 0 aromatic carbocycles. The summed E-state index contributed by atoms with van der Waals surface area (Å²) in [4.78, 5) is 34.8. The summed E-state index contributed by atoms with van der Waals surface area (Å²) in [6.45, 7) is 4.74. The van der Waals surface area contributed by atoms with Crippen LogP contribution in [0.4, 0.5) is 0 Å². The fourth-order valence-corrected chi connectivity index (χ4v) is 1.81. The first-order valence-electron chi connectivity index (χ1n) is 7.41. The predicted molar refractivity (Wildman–Crippen MR) is 80.2 cm³/mol. The van der Waals surface area contributed by atoms with Gasteiger partial charge >= 0.3 is 17.9 Å². The van der Waals surface area contributed by atoms with Crippen molar-refractivity contribution in [3.63, 3.8) is 0 Å². The number of aliphatic hydroxyl groups is 1. The van der Waals surface area contributed by atoms with Gasteiger partial charge in [-0.15, -0.1) is 0 Å². The number of rotatable bonds is 0. The van der Waals surface area contributed by atoms with Crippen LogP contribution in [0.5, 0.6) is 0 Å². The van der Waals surface area contributed by atoms with Crippen molar-refractivity contribution in [2.24, 2.45) is 0 Å². The van der Waals surface area contributed by atoms with Crippen LogP contribution in [-0.2, 0) is 28.6 Å². The van der Waals surface area contributed by atoms with Gasteiger partial charge in [-0.3, -0.25) is 4.79 Å². The van der Waals surface area contributed by atoms with Crippen molar-refractivity contribution < 1.29 is 33.7 Å². The molecule has 0 bridgehead atoms. The Hall–Kier alpha value is -2.15. The highest BCUT2D eigenvalue weighted by Gasteiger charge is 2.20. The topological polar surface area (TPSA) is 99.1 Å². The molecule has 7 nitrogen and oxygen atoms in total. The van der Waals surface area contributed by atoms with Gasteiger partial charge in [-0.2, -0.15) is 0 Å². The summed E-state index contributed by atoms with van der Waals surface area (Å²) in [5.74, 6) is -1.84. The number of hydrogen-bond donors (Lipinski definition) is 1. The first-order valence-corrected chi connectivity index (χ1v) is 7.41. The van der Waals surface area contributed by atoms with Crippen LogP contribution in [0.2, 0.25) is 0 Å². The lowest BCUT2D eigenvalue weighted by atomic mass is 10.2. The molecule has 1 aliphatic rings. The van der Waals surface area contributed by atoms with Gasteiger partial charge < -0.3 is 19.3 Å². The second-order valence-electron chi connectivity index (χ2n) is 5.38. The van der Waals surface area contributed by atoms with Gasteiger partial charge in [0.05, 0.1) is 6.42 Å². The van der Waals surface area contributed by atoms with Gasteiger partial charge in [0.1, 0.15) is 24.4 Å². The first-order chi connectivity index (χ1) is 10.8. The molecule has 0 aliphatic carbocycles. The highest BCUT2D eigenvalue weighted by Crippen LogP contribution is 2.08. The van der Waals surface area contributed by atoms with E-state index in [1.165, 1.54) is 25.2 Å². The first kappa shape index (κ1) is 18.9. The van der Waals surface area contributed by atoms with Crippen molar-refractivity contribution in [3.8, 4) is 0 Å². The lowest BCUT2D eigenvalue weighted by Gasteiger charge is -2.18. The number of carbonyl (C=O) groups is 3. The standard InChI is InChI=1S/C16H22O7/c1-10-5-4-6-14(18)22-11(2)9-16(20)23-12(3)13(17)7-8-15(19)21-10/h4,6-8,10-13,17H,5,9H2,1-3H3/b6-4+,8-7+. The Bertz CT molecular complexity index is 495. The number of esters is 3. The Balaban J connectivity index is 2.82. The third kappa shape index (κ3) is 7.60. The molecule has 7 heteroatoms. The SMILES string of the molecule is CC1C/C=C/C(=O)OC(C)CC(=O)OC(C)C(O)/C=C/C(=O)O1. The monoisotopic (exact) mass is 326 g/mol. The van der Waals surface area contributed by atoms with E-state index in [0.29, 0.717) is 6.42 Å². The van der Waals surface area contributed by atoms with Crippen LogP contribution in [0, 0.1) is 0 Å². The lowest BCUT2D eigenvalue weighted by Crippen LogP contribution is -2.29.